The molecule has 96 valence electrons. The largest absolute Gasteiger partial charge is 0.478 e. The van der Waals surface area contributed by atoms with Crippen molar-refractivity contribution in [3.8, 4) is 0 Å². The smallest absolute Gasteiger partial charge is 0.335 e. The molecule has 0 unspecified atom stereocenters. The molecule has 2 N–H and O–H groups in total. The van der Waals surface area contributed by atoms with Gasteiger partial charge in [0.1, 0.15) is 0 Å². The van der Waals surface area contributed by atoms with E-state index < -0.39 is 11.9 Å². The van der Waals surface area contributed by atoms with Crippen molar-refractivity contribution in [2.75, 3.05) is 0 Å². The summed E-state index contributed by atoms with van der Waals surface area (Å²) in [6.45, 7) is 0. The maximum absolute atomic E-state index is 10.2. The molecule has 2 aromatic rings. The van der Waals surface area contributed by atoms with E-state index in [4.69, 9.17) is 10.2 Å². The monoisotopic (exact) mass is 364 g/mol. The molecular formula is C14H12O4Sn. The zero-order valence-corrected chi connectivity index (χ0v) is 12.8. The first-order chi connectivity index (χ1) is 8.61. The van der Waals surface area contributed by atoms with Crippen LogP contribution >= 0.6 is 0 Å². The second kappa shape index (κ2) is 9.15. The minimum Gasteiger partial charge on any atom is -0.478 e. The Bertz CT molecular complexity index is 462. The summed E-state index contributed by atoms with van der Waals surface area (Å²) in [6, 6.07) is 16.6. The van der Waals surface area contributed by atoms with Gasteiger partial charge in [0.15, 0.2) is 0 Å². The van der Waals surface area contributed by atoms with Gasteiger partial charge < -0.3 is 10.2 Å². The van der Waals surface area contributed by atoms with E-state index in [1.165, 1.54) is 0 Å². The molecule has 5 heteroatoms. The molecule has 0 aliphatic carbocycles. The fourth-order valence-corrected chi connectivity index (χ4v) is 1.16. The van der Waals surface area contributed by atoms with Crippen LogP contribution in [0.1, 0.15) is 20.7 Å². The first kappa shape index (κ1) is 17.2. The number of rotatable bonds is 2. The summed E-state index contributed by atoms with van der Waals surface area (Å²) in [5, 5.41) is 16.8. The Kier molecular flexibility index (Phi) is 8.28. The van der Waals surface area contributed by atoms with Crippen LogP contribution in [0.15, 0.2) is 60.7 Å². The van der Waals surface area contributed by atoms with E-state index in [9.17, 15) is 9.59 Å². The van der Waals surface area contributed by atoms with Gasteiger partial charge in [0, 0.05) is 23.9 Å². The predicted octanol–water partition coefficient (Wildman–Crippen LogP) is 2.39. The Hall–Kier alpha value is -1.82. The summed E-state index contributed by atoms with van der Waals surface area (Å²) < 4.78 is 0. The molecule has 0 saturated heterocycles. The first-order valence-electron chi connectivity index (χ1n) is 5.18. The molecule has 0 fully saturated rings. The zero-order chi connectivity index (χ0) is 13.4. The first-order valence-corrected chi connectivity index (χ1v) is 5.18. The Labute approximate surface area is 127 Å². The third-order valence-corrected chi connectivity index (χ3v) is 2.04. The van der Waals surface area contributed by atoms with Gasteiger partial charge >= 0.3 is 11.9 Å². The van der Waals surface area contributed by atoms with Crippen LogP contribution in [0.2, 0.25) is 0 Å². The molecule has 0 atom stereocenters. The molecule has 0 heterocycles. The van der Waals surface area contributed by atoms with E-state index in [1.807, 2.05) is 0 Å². The molecule has 0 amide bonds. The third kappa shape index (κ3) is 6.61. The van der Waals surface area contributed by atoms with Gasteiger partial charge in [0.25, 0.3) is 0 Å². The van der Waals surface area contributed by atoms with Crippen molar-refractivity contribution < 1.29 is 19.8 Å². The van der Waals surface area contributed by atoms with Gasteiger partial charge in [-0.1, -0.05) is 36.4 Å². The zero-order valence-electron chi connectivity index (χ0n) is 9.98. The van der Waals surface area contributed by atoms with Crippen LogP contribution in [0, 0.1) is 0 Å². The third-order valence-electron chi connectivity index (χ3n) is 2.04. The summed E-state index contributed by atoms with van der Waals surface area (Å²) in [5.74, 6) is -1.76. The number of aromatic carboxylic acids is 2. The summed E-state index contributed by atoms with van der Waals surface area (Å²) in [7, 11) is 0. The van der Waals surface area contributed by atoms with Crippen LogP contribution in [0.25, 0.3) is 0 Å². The van der Waals surface area contributed by atoms with Gasteiger partial charge in [-0.15, -0.1) is 0 Å². The molecule has 19 heavy (non-hydrogen) atoms. The number of carbonyl (C=O) groups is 2. The van der Waals surface area contributed by atoms with Crippen LogP contribution < -0.4 is 0 Å². The van der Waals surface area contributed by atoms with E-state index in [0.29, 0.717) is 11.1 Å². The van der Waals surface area contributed by atoms with Gasteiger partial charge in [0.2, 0.25) is 0 Å². The van der Waals surface area contributed by atoms with Crippen LogP contribution in [0.5, 0.6) is 0 Å². The van der Waals surface area contributed by atoms with E-state index in [-0.39, 0.29) is 23.9 Å². The number of carboxylic acid groups (broad SMARTS) is 2. The molecule has 0 aromatic heterocycles. The molecule has 4 nitrogen and oxygen atoms in total. The fourth-order valence-electron chi connectivity index (χ4n) is 1.16. The molecule has 0 spiro atoms. The van der Waals surface area contributed by atoms with Gasteiger partial charge in [-0.05, 0) is 24.3 Å². The molecule has 2 rings (SSSR count). The van der Waals surface area contributed by atoms with Crippen LogP contribution in [-0.4, -0.2) is 46.1 Å². The van der Waals surface area contributed by atoms with Crippen molar-refractivity contribution >= 4 is 35.8 Å². The van der Waals surface area contributed by atoms with Crippen molar-refractivity contribution in [3.63, 3.8) is 0 Å². The molecule has 0 bridgehead atoms. The number of benzene rings is 2. The average Bonchev–Trinajstić information content (AvgIpc) is 2.41. The summed E-state index contributed by atoms with van der Waals surface area (Å²) in [4.78, 5) is 20.4. The topological polar surface area (TPSA) is 74.6 Å². The van der Waals surface area contributed by atoms with Crippen molar-refractivity contribution in [3.05, 3.63) is 71.8 Å². The number of hydrogen-bond donors (Lipinski definition) is 2. The standard InChI is InChI=1S/2C7H6O2.Sn/c2*8-7(9)6-4-2-1-3-5-6;/h2*1-5H,(H,8,9);. The second-order valence-corrected chi connectivity index (χ2v) is 3.34. The molecule has 4 radical (unpaired) electrons. The number of carboxylic acids is 2. The summed E-state index contributed by atoms with van der Waals surface area (Å²) in [6.07, 6.45) is 0. The van der Waals surface area contributed by atoms with Gasteiger partial charge in [0.05, 0.1) is 11.1 Å². The second-order valence-electron chi connectivity index (χ2n) is 3.34. The minimum atomic E-state index is -0.879. The van der Waals surface area contributed by atoms with Crippen molar-refractivity contribution in [2.24, 2.45) is 0 Å². The Morgan fingerprint density at radius 2 is 0.895 bits per heavy atom. The predicted molar refractivity (Wildman–Crippen MR) is 72.6 cm³/mol. The molecule has 0 aliphatic heterocycles. The molecular weight excluding hydrogens is 351 g/mol. The van der Waals surface area contributed by atoms with Gasteiger partial charge in [-0.2, -0.15) is 0 Å². The molecule has 0 saturated carbocycles. The summed E-state index contributed by atoms with van der Waals surface area (Å²) >= 11 is 0. The van der Waals surface area contributed by atoms with Crippen LogP contribution in [0.4, 0.5) is 0 Å². The van der Waals surface area contributed by atoms with Gasteiger partial charge in [-0.3, -0.25) is 0 Å². The Balaban J connectivity index is 0.000000324. The Morgan fingerprint density at radius 3 is 1.05 bits per heavy atom. The maximum atomic E-state index is 10.2. The SMILES string of the molecule is O=C(O)c1ccccc1.O=C(O)c1ccccc1.[Sn]. The maximum Gasteiger partial charge on any atom is 0.335 e. The summed E-state index contributed by atoms with van der Waals surface area (Å²) in [5.41, 5.74) is 0.662. The molecule has 2 aromatic carbocycles. The van der Waals surface area contributed by atoms with Crippen LogP contribution in [-0.2, 0) is 0 Å². The molecule has 0 aliphatic rings. The fraction of sp³-hybridized carbons (Fsp3) is 0. The van der Waals surface area contributed by atoms with Gasteiger partial charge in [-0.25, -0.2) is 9.59 Å². The average molecular weight is 363 g/mol. The van der Waals surface area contributed by atoms with E-state index in [2.05, 4.69) is 0 Å². The van der Waals surface area contributed by atoms with E-state index >= 15 is 0 Å². The minimum absolute atomic E-state index is 0. The quantitative estimate of drug-likeness (QED) is 0.804. The normalized spacial score (nSPS) is 8.42. The van der Waals surface area contributed by atoms with E-state index in [0.717, 1.165) is 0 Å². The van der Waals surface area contributed by atoms with Crippen LogP contribution in [0.3, 0.4) is 0 Å². The van der Waals surface area contributed by atoms with Crippen molar-refractivity contribution in [2.45, 2.75) is 0 Å². The van der Waals surface area contributed by atoms with Crippen molar-refractivity contribution in [1.82, 2.24) is 0 Å². The van der Waals surface area contributed by atoms with Crippen molar-refractivity contribution in [1.29, 1.82) is 0 Å². The van der Waals surface area contributed by atoms with E-state index in [1.54, 1.807) is 60.7 Å². The number of hydrogen-bond acceptors (Lipinski definition) is 2. The Morgan fingerprint density at radius 1 is 0.632 bits per heavy atom.